The molecule has 40 heavy (non-hydrogen) atoms. The molecule has 10 heteroatoms. The number of aromatic nitrogens is 2. The number of hydrogen-bond donors (Lipinski definition) is 3. The van der Waals surface area contributed by atoms with Crippen LogP contribution in [0.25, 0.3) is 22.2 Å². The van der Waals surface area contributed by atoms with Crippen molar-refractivity contribution in [3.8, 4) is 22.8 Å². The number of aryl methyl sites for hydroxylation is 2. The van der Waals surface area contributed by atoms with Crippen molar-refractivity contribution in [3.63, 3.8) is 0 Å². The first-order valence-electron chi connectivity index (χ1n) is 13.5. The molecule has 9 nitrogen and oxygen atoms in total. The molecular formula is C30H34N4O5S. The van der Waals surface area contributed by atoms with E-state index in [1.165, 1.54) is 49.5 Å². The maximum absolute atomic E-state index is 13.4. The molecule has 0 unspecified atom stereocenters. The maximum Gasteiger partial charge on any atom is 0.416 e. The monoisotopic (exact) mass is 562 g/mol. The van der Waals surface area contributed by atoms with Gasteiger partial charge < -0.3 is 20.3 Å². The topological polar surface area (TPSA) is 129 Å². The van der Waals surface area contributed by atoms with E-state index in [0.717, 1.165) is 44.9 Å². The summed E-state index contributed by atoms with van der Waals surface area (Å²) in [6, 6.07) is 10.2. The Labute approximate surface area is 236 Å². The zero-order chi connectivity index (χ0) is 28.4. The summed E-state index contributed by atoms with van der Waals surface area (Å²) in [5.41, 5.74) is 9.21. The van der Waals surface area contributed by atoms with Crippen LogP contribution in [-0.2, 0) is 6.42 Å². The molecule has 1 aliphatic rings. The fourth-order valence-corrected chi connectivity index (χ4v) is 6.59. The minimum Gasteiger partial charge on any atom is -0.496 e. The van der Waals surface area contributed by atoms with Crippen LogP contribution in [0.2, 0.25) is 0 Å². The molecule has 1 aliphatic carbocycles. The number of carbonyl (C=O) groups excluding carboxylic acids is 1. The average molecular weight is 563 g/mol. The van der Waals surface area contributed by atoms with Crippen LogP contribution in [0, 0.1) is 12.8 Å². The Hall–Kier alpha value is -4.05. The summed E-state index contributed by atoms with van der Waals surface area (Å²) in [6.45, 7) is 1.96. The van der Waals surface area contributed by atoms with Gasteiger partial charge in [-0.15, -0.1) is 11.3 Å². The van der Waals surface area contributed by atoms with Crippen LogP contribution in [0.3, 0.4) is 0 Å². The van der Waals surface area contributed by atoms with E-state index in [0.29, 0.717) is 33.4 Å². The number of nitrogens with one attached hydrogen (secondary N) is 1. The lowest BCUT2D eigenvalue weighted by Gasteiger charge is -2.21. The molecular weight excluding hydrogens is 528 g/mol. The van der Waals surface area contributed by atoms with Crippen LogP contribution >= 0.6 is 11.3 Å². The van der Waals surface area contributed by atoms with E-state index in [1.807, 2.05) is 19.1 Å². The summed E-state index contributed by atoms with van der Waals surface area (Å²) in [5, 5.41) is 13.7. The van der Waals surface area contributed by atoms with E-state index in [-0.39, 0.29) is 5.69 Å². The maximum atomic E-state index is 13.4. The molecule has 0 saturated heterocycles. The molecule has 2 aromatic heterocycles. The Morgan fingerprint density at radius 1 is 1.10 bits per heavy atom. The molecule has 2 heterocycles. The van der Waals surface area contributed by atoms with Crippen molar-refractivity contribution < 1.29 is 24.2 Å². The minimum atomic E-state index is -1.26. The van der Waals surface area contributed by atoms with Gasteiger partial charge in [0, 0.05) is 21.5 Å². The first kappa shape index (κ1) is 27.5. The van der Waals surface area contributed by atoms with Crippen LogP contribution in [0.1, 0.15) is 59.5 Å². The van der Waals surface area contributed by atoms with Gasteiger partial charge in [-0.05, 0) is 67.6 Å². The van der Waals surface area contributed by atoms with E-state index in [1.54, 1.807) is 32.4 Å². The normalized spacial score (nSPS) is 13.9. The van der Waals surface area contributed by atoms with Gasteiger partial charge in [-0.25, -0.2) is 14.3 Å². The van der Waals surface area contributed by atoms with Gasteiger partial charge >= 0.3 is 6.09 Å². The third-order valence-electron chi connectivity index (χ3n) is 7.64. The summed E-state index contributed by atoms with van der Waals surface area (Å²) in [5.74, 6) is 1.50. The van der Waals surface area contributed by atoms with Crippen molar-refractivity contribution in [1.82, 2.24) is 9.55 Å². The number of amides is 1. The summed E-state index contributed by atoms with van der Waals surface area (Å²) in [7, 11) is 3.25. The van der Waals surface area contributed by atoms with Gasteiger partial charge in [0.05, 0.1) is 25.4 Å². The van der Waals surface area contributed by atoms with Crippen molar-refractivity contribution in [2.75, 3.05) is 25.3 Å². The fraction of sp³-hybridized carbons (Fsp3) is 0.367. The number of fused-ring (bicyclic) bond motifs is 1. The van der Waals surface area contributed by atoms with E-state index in [9.17, 15) is 14.7 Å². The second-order valence-corrected chi connectivity index (χ2v) is 11.4. The van der Waals surface area contributed by atoms with Crippen molar-refractivity contribution in [3.05, 3.63) is 52.5 Å². The molecule has 0 atom stereocenters. The van der Waals surface area contributed by atoms with Gasteiger partial charge in [-0.1, -0.05) is 32.1 Å². The molecule has 4 N–H and O–H groups in total. The molecule has 2 aromatic carbocycles. The molecule has 0 aliphatic heterocycles. The molecule has 5 rings (SSSR count). The summed E-state index contributed by atoms with van der Waals surface area (Å²) < 4.78 is 12.3. The number of anilines is 2. The van der Waals surface area contributed by atoms with Crippen molar-refractivity contribution in [2.45, 2.75) is 51.9 Å². The first-order chi connectivity index (χ1) is 19.3. The number of carboxylic acid groups (broad SMARTS) is 1. The summed E-state index contributed by atoms with van der Waals surface area (Å²) in [4.78, 5) is 31.4. The number of nitrogens with two attached hydrogens (primary N) is 1. The van der Waals surface area contributed by atoms with Gasteiger partial charge in [0.25, 0.3) is 5.91 Å². The van der Waals surface area contributed by atoms with Crippen LogP contribution in [0.4, 0.5) is 15.6 Å². The predicted octanol–water partition coefficient (Wildman–Crippen LogP) is 6.96. The summed E-state index contributed by atoms with van der Waals surface area (Å²) in [6.07, 6.45) is 6.94. The van der Waals surface area contributed by atoms with Crippen LogP contribution in [-0.4, -0.2) is 40.9 Å². The smallest absolute Gasteiger partial charge is 0.416 e. The molecule has 1 amide bonds. The van der Waals surface area contributed by atoms with Crippen LogP contribution in [0.15, 0.2) is 36.4 Å². The van der Waals surface area contributed by atoms with Gasteiger partial charge in [0.15, 0.2) is 5.13 Å². The van der Waals surface area contributed by atoms with E-state index >= 15 is 0 Å². The number of nitrogens with zero attached hydrogens (tertiary/aromatic N) is 2. The molecule has 4 aromatic rings. The largest absolute Gasteiger partial charge is 0.496 e. The Kier molecular flexibility index (Phi) is 7.97. The number of rotatable bonds is 8. The molecule has 0 spiro atoms. The zero-order valence-electron chi connectivity index (χ0n) is 23.0. The van der Waals surface area contributed by atoms with Crippen LogP contribution in [0.5, 0.6) is 11.5 Å². The minimum absolute atomic E-state index is 0.0109. The highest BCUT2D eigenvalue weighted by molar-refractivity contribution is 7.16. The Morgan fingerprint density at radius 2 is 1.85 bits per heavy atom. The second kappa shape index (κ2) is 11.6. The lowest BCUT2D eigenvalue weighted by atomic mass is 9.86. The third kappa shape index (κ3) is 5.49. The van der Waals surface area contributed by atoms with Crippen molar-refractivity contribution in [2.24, 2.45) is 5.92 Å². The highest BCUT2D eigenvalue weighted by Gasteiger charge is 2.24. The standard InChI is InChI=1S/C30H34N4O5S/c1-17-13-25(39-3)21(16-24(17)38-2)27-26(12-9-18-7-5-4-6-8-18)40-29(32-27)33-28(35)23-15-19-14-20(31)10-11-22(19)34(23)30(36)37/h10-11,13-16,18H,4-9,12,31H2,1-3H3,(H,36,37)(H,32,33,35). The second-order valence-electron chi connectivity index (χ2n) is 10.3. The number of thiazole rings is 1. The Morgan fingerprint density at radius 3 is 2.55 bits per heavy atom. The van der Waals surface area contributed by atoms with Gasteiger partial charge in [-0.2, -0.15) is 0 Å². The molecule has 0 bridgehead atoms. The van der Waals surface area contributed by atoms with Crippen molar-refractivity contribution >= 4 is 45.1 Å². The number of carbonyl (C=O) groups is 2. The average Bonchev–Trinajstić information content (AvgIpc) is 3.53. The van der Waals surface area contributed by atoms with Gasteiger partial charge in [0.2, 0.25) is 0 Å². The lowest BCUT2D eigenvalue weighted by Crippen LogP contribution is -2.20. The molecule has 0 radical (unpaired) electrons. The molecule has 1 saturated carbocycles. The van der Waals surface area contributed by atoms with E-state index in [2.05, 4.69) is 5.32 Å². The summed E-state index contributed by atoms with van der Waals surface area (Å²) >= 11 is 1.41. The van der Waals surface area contributed by atoms with Crippen LogP contribution < -0.4 is 20.5 Å². The van der Waals surface area contributed by atoms with Gasteiger partial charge in [0.1, 0.15) is 17.2 Å². The van der Waals surface area contributed by atoms with E-state index in [4.69, 9.17) is 20.2 Å². The third-order valence-corrected chi connectivity index (χ3v) is 8.67. The quantitative estimate of drug-likeness (QED) is 0.198. The van der Waals surface area contributed by atoms with Gasteiger partial charge in [-0.3, -0.25) is 10.1 Å². The number of ether oxygens (including phenoxy) is 2. The Bertz CT molecular complexity index is 1570. The first-order valence-corrected chi connectivity index (χ1v) is 14.3. The predicted molar refractivity (Wildman–Crippen MR) is 158 cm³/mol. The molecule has 1 fully saturated rings. The van der Waals surface area contributed by atoms with Crippen molar-refractivity contribution in [1.29, 1.82) is 0 Å². The highest BCUT2D eigenvalue weighted by atomic mass is 32.1. The lowest BCUT2D eigenvalue weighted by molar-refractivity contribution is 0.101. The number of benzene rings is 2. The number of hydrogen-bond acceptors (Lipinski definition) is 7. The van der Waals surface area contributed by atoms with E-state index < -0.39 is 12.0 Å². The number of methoxy groups -OCH3 is 2. The number of nitrogen functional groups attached to an aromatic ring is 1. The SMILES string of the molecule is COc1cc(-c2nc(NC(=O)c3cc4cc(N)ccc4n3C(=O)O)sc2CCC2CCCCC2)c(OC)cc1C. The highest BCUT2D eigenvalue weighted by Crippen LogP contribution is 2.41. The molecule has 210 valence electrons. The zero-order valence-corrected chi connectivity index (χ0v) is 23.8. The Balaban J connectivity index is 1.52. The fourth-order valence-electron chi connectivity index (χ4n) is 5.60.